The van der Waals surface area contributed by atoms with Crippen molar-refractivity contribution in [3.8, 4) is 5.75 Å². The minimum atomic E-state index is -4.55. The van der Waals surface area contributed by atoms with E-state index >= 15 is 0 Å². The summed E-state index contributed by atoms with van der Waals surface area (Å²) in [6.45, 7) is 3.25. The number of amides is 1. The standard InChI is InChI=1S/C14H14F3N3O3S/c1-4-24-11-9(14(15,16)17)6-5-8(10(11)22-3)12(21)18-13-20-19-7(2)23-13/h5-6H,4H2,1-3H3,(H,18,20,21). The van der Waals surface area contributed by atoms with Gasteiger partial charge in [0.1, 0.15) is 5.75 Å². The van der Waals surface area contributed by atoms with Gasteiger partial charge >= 0.3 is 12.2 Å². The van der Waals surface area contributed by atoms with Crippen LogP contribution >= 0.6 is 11.8 Å². The van der Waals surface area contributed by atoms with Crippen LogP contribution in [0.3, 0.4) is 0 Å². The van der Waals surface area contributed by atoms with Crippen LogP contribution in [0.4, 0.5) is 19.2 Å². The first kappa shape index (κ1) is 18.1. The number of hydrogen-bond donors (Lipinski definition) is 1. The number of hydrogen-bond acceptors (Lipinski definition) is 6. The van der Waals surface area contributed by atoms with E-state index in [0.29, 0.717) is 5.75 Å². The molecule has 0 unspecified atom stereocenters. The summed E-state index contributed by atoms with van der Waals surface area (Å²) in [6.07, 6.45) is -4.55. The number of carbonyl (C=O) groups is 1. The van der Waals surface area contributed by atoms with E-state index in [1.165, 1.54) is 14.0 Å². The van der Waals surface area contributed by atoms with Crippen molar-refractivity contribution in [2.24, 2.45) is 0 Å². The maximum atomic E-state index is 13.2. The Morgan fingerprint density at radius 3 is 2.58 bits per heavy atom. The zero-order valence-corrected chi connectivity index (χ0v) is 13.8. The number of nitrogens with zero attached hydrogens (tertiary/aromatic N) is 2. The van der Waals surface area contributed by atoms with Crippen LogP contribution in [0, 0.1) is 6.92 Å². The molecule has 1 aromatic carbocycles. The lowest BCUT2D eigenvalue weighted by Gasteiger charge is -2.17. The fourth-order valence-electron chi connectivity index (χ4n) is 1.97. The van der Waals surface area contributed by atoms with Crippen LogP contribution in [-0.4, -0.2) is 29.0 Å². The molecule has 24 heavy (non-hydrogen) atoms. The van der Waals surface area contributed by atoms with Crippen LogP contribution in [0.25, 0.3) is 0 Å². The molecule has 2 rings (SSSR count). The monoisotopic (exact) mass is 361 g/mol. The predicted octanol–water partition coefficient (Wildman–Crippen LogP) is 3.77. The highest BCUT2D eigenvalue weighted by Crippen LogP contribution is 2.43. The van der Waals surface area contributed by atoms with Crippen molar-refractivity contribution in [3.63, 3.8) is 0 Å². The lowest BCUT2D eigenvalue weighted by molar-refractivity contribution is -0.139. The SMILES string of the molecule is CCSc1c(C(F)(F)F)ccc(C(=O)Nc2nnc(C)o2)c1OC. The van der Waals surface area contributed by atoms with Crippen LogP contribution in [0.15, 0.2) is 21.4 Å². The topological polar surface area (TPSA) is 77.3 Å². The van der Waals surface area contributed by atoms with E-state index in [0.717, 1.165) is 23.9 Å². The second kappa shape index (κ2) is 7.12. The van der Waals surface area contributed by atoms with Gasteiger partial charge in [0, 0.05) is 6.92 Å². The first-order valence-corrected chi connectivity index (χ1v) is 7.79. The van der Waals surface area contributed by atoms with E-state index in [1.807, 2.05) is 0 Å². The molecule has 0 radical (unpaired) electrons. The van der Waals surface area contributed by atoms with E-state index in [2.05, 4.69) is 15.5 Å². The second-order valence-corrected chi connectivity index (χ2v) is 5.81. The molecule has 0 aliphatic rings. The molecule has 130 valence electrons. The zero-order valence-electron chi connectivity index (χ0n) is 13.0. The Hall–Kier alpha value is -2.23. The highest BCUT2D eigenvalue weighted by molar-refractivity contribution is 7.99. The third-order valence-corrected chi connectivity index (χ3v) is 3.88. The van der Waals surface area contributed by atoms with E-state index < -0.39 is 17.6 Å². The Kier molecular flexibility index (Phi) is 5.37. The van der Waals surface area contributed by atoms with Crippen molar-refractivity contribution < 1.29 is 27.1 Å². The molecule has 0 spiro atoms. The Balaban J connectivity index is 2.46. The smallest absolute Gasteiger partial charge is 0.417 e. The molecule has 0 bridgehead atoms. The molecule has 0 aliphatic heterocycles. The number of alkyl halides is 3. The van der Waals surface area contributed by atoms with Gasteiger partial charge in [0.15, 0.2) is 0 Å². The van der Waals surface area contributed by atoms with E-state index in [4.69, 9.17) is 9.15 Å². The molecule has 0 fully saturated rings. The van der Waals surface area contributed by atoms with Crippen LogP contribution in [0.1, 0.15) is 28.7 Å². The molecule has 0 atom stereocenters. The number of thioether (sulfide) groups is 1. The molecule has 0 saturated heterocycles. The van der Waals surface area contributed by atoms with Crippen LogP contribution in [0.5, 0.6) is 5.75 Å². The summed E-state index contributed by atoms with van der Waals surface area (Å²) in [5, 5.41) is 9.49. The molecule has 2 aromatic rings. The summed E-state index contributed by atoms with van der Waals surface area (Å²) in [5.41, 5.74) is -0.909. The van der Waals surface area contributed by atoms with E-state index in [-0.39, 0.29) is 28.1 Å². The lowest BCUT2D eigenvalue weighted by Crippen LogP contribution is -2.16. The van der Waals surface area contributed by atoms with Crippen LogP contribution in [-0.2, 0) is 6.18 Å². The number of ether oxygens (including phenoxy) is 1. The van der Waals surface area contributed by atoms with E-state index in [9.17, 15) is 18.0 Å². The summed E-state index contributed by atoms with van der Waals surface area (Å²) in [5.74, 6) is -0.229. The quantitative estimate of drug-likeness (QED) is 0.817. The number of halogens is 3. The number of carbonyl (C=O) groups excluding carboxylic acids is 1. The summed E-state index contributed by atoms with van der Waals surface area (Å²) in [6, 6.07) is 1.76. The van der Waals surface area contributed by atoms with Crippen molar-refractivity contribution in [1.82, 2.24) is 10.2 Å². The van der Waals surface area contributed by atoms with Crippen LogP contribution in [0.2, 0.25) is 0 Å². The summed E-state index contributed by atoms with van der Waals surface area (Å²) >= 11 is 0.946. The molecule has 1 heterocycles. The van der Waals surface area contributed by atoms with Gasteiger partial charge in [-0.1, -0.05) is 12.0 Å². The first-order valence-electron chi connectivity index (χ1n) is 6.80. The van der Waals surface area contributed by atoms with Crippen molar-refractivity contribution in [3.05, 3.63) is 29.2 Å². The minimum Gasteiger partial charge on any atom is -0.495 e. The van der Waals surface area contributed by atoms with Gasteiger partial charge < -0.3 is 9.15 Å². The molecular weight excluding hydrogens is 347 g/mol. The van der Waals surface area contributed by atoms with Gasteiger partial charge in [0.05, 0.1) is 23.1 Å². The third-order valence-electron chi connectivity index (χ3n) is 2.90. The summed E-state index contributed by atoms with van der Waals surface area (Å²) < 4.78 is 49.6. The van der Waals surface area contributed by atoms with Gasteiger partial charge in [0.2, 0.25) is 5.89 Å². The maximum absolute atomic E-state index is 13.2. The average Bonchev–Trinajstić information content (AvgIpc) is 2.90. The molecule has 1 amide bonds. The Labute approximate surface area is 139 Å². The average molecular weight is 361 g/mol. The van der Waals surface area contributed by atoms with Gasteiger partial charge in [-0.05, 0) is 17.9 Å². The van der Waals surface area contributed by atoms with Gasteiger partial charge in [-0.25, -0.2) is 0 Å². The Morgan fingerprint density at radius 2 is 2.08 bits per heavy atom. The zero-order chi connectivity index (χ0) is 17.9. The highest BCUT2D eigenvalue weighted by atomic mass is 32.2. The van der Waals surface area contributed by atoms with Gasteiger partial charge in [-0.2, -0.15) is 13.2 Å². The van der Waals surface area contributed by atoms with Gasteiger partial charge in [-0.3, -0.25) is 10.1 Å². The third kappa shape index (κ3) is 3.81. The molecule has 10 heteroatoms. The molecule has 0 aliphatic carbocycles. The predicted molar refractivity (Wildman–Crippen MR) is 81.4 cm³/mol. The first-order chi connectivity index (χ1) is 11.3. The fraction of sp³-hybridized carbons (Fsp3) is 0.357. The molecule has 0 saturated carbocycles. The molecule has 6 nitrogen and oxygen atoms in total. The highest BCUT2D eigenvalue weighted by Gasteiger charge is 2.36. The van der Waals surface area contributed by atoms with E-state index in [1.54, 1.807) is 6.92 Å². The summed E-state index contributed by atoms with van der Waals surface area (Å²) in [7, 11) is 1.21. The second-order valence-electron chi connectivity index (χ2n) is 4.53. The maximum Gasteiger partial charge on any atom is 0.417 e. The van der Waals surface area contributed by atoms with Crippen molar-refractivity contribution in [1.29, 1.82) is 0 Å². The largest absolute Gasteiger partial charge is 0.495 e. The number of methoxy groups -OCH3 is 1. The Bertz CT molecular complexity index is 747. The summed E-state index contributed by atoms with van der Waals surface area (Å²) in [4.78, 5) is 12.2. The minimum absolute atomic E-state index is 0.0581. The number of aromatic nitrogens is 2. The number of nitrogens with one attached hydrogen (secondary N) is 1. The van der Waals surface area contributed by atoms with Gasteiger partial charge in [-0.15, -0.1) is 16.9 Å². The van der Waals surface area contributed by atoms with Crippen molar-refractivity contribution >= 4 is 23.7 Å². The Morgan fingerprint density at radius 1 is 1.38 bits per heavy atom. The fourth-order valence-corrected chi connectivity index (χ4v) is 2.92. The molecule has 1 aromatic heterocycles. The van der Waals surface area contributed by atoms with Crippen molar-refractivity contribution in [2.45, 2.75) is 24.9 Å². The molecular formula is C14H14F3N3O3S. The number of rotatable bonds is 5. The lowest BCUT2D eigenvalue weighted by atomic mass is 10.1. The molecule has 1 N–H and O–H groups in total. The van der Waals surface area contributed by atoms with Crippen LogP contribution < -0.4 is 10.1 Å². The number of anilines is 1. The van der Waals surface area contributed by atoms with Gasteiger partial charge in [0.25, 0.3) is 5.91 Å². The number of aryl methyl sites for hydroxylation is 1. The normalized spacial score (nSPS) is 11.4. The number of benzene rings is 1. The van der Waals surface area contributed by atoms with Crippen molar-refractivity contribution in [2.75, 3.05) is 18.2 Å².